The molecule has 5 nitrogen and oxygen atoms in total. The van der Waals surface area contributed by atoms with E-state index in [-0.39, 0.29) is 0 Å². The van der Waals surface area contributed by atoms with Crippen molar-refractivity contribution in [2.24, 2.45) is 7.05 Å². The van der Waals surface area contributed by atoms with E-state index in [1.807, 2.05) is 19.2 Å². The Morgan fingerprint density at radius 1 is 1.47 bits per heavy atom. The number of ether oxygens (including phenoxy) is 1. The number of methoxy groups -OCH3 is 1. The van der Waals surface area contributed by atoms with Gasteiger partial charge in [-0.2, -0.15) is 5.10 Å². The zero-order valence-electron chi connectivity index (χ0n) is 8.64. The van der Waals surface area contributed by atoms with Gasteiger partial charge in [0.05, 0.1) is 13.3 Å². The second-order valence-corrected chi connectivity index (χ2v) is 3.12. The van der Waals surface area contributed by atoms with Crippen LogP contribution in [0.4, 0.5) is 5.82 Å². The van der Waals surface area contributed by atoms with Crippen molar-refractivity contribution in [3.8, 4) is 17.0 Å². The normalized spacial score (nSPS) is 10.3. The summed E-state index contributed by atoms with van der Waals surface area (Å²) in [5, 5.41) is 4.11. The summed E-state index contributed by atoms with van der Waals surface area (Å²) in [5.41, 5.74) is 7.46. The third kappa shape index (κ3) is 1.52. The fourth-order valence-corrected chi connectivity index (χ4v) is 1.49. The van der Waals surface area contributed by atoms with Crippen molar-refractivity contribution >= 4 is 5.82 Å². The van der Waals surface area contributed by atoms with E-state index < -0.39 is 0 Å². The highest BCUT2D eigenvalue weighted by Crippen LogP contribution is 2.31. The molecule has 0 aliphatic carbocycles. The number of hydrogen-bond donors (Lipinski definition) is 1. The van der Waals surface area contributed by atoms with Gasteiger partial charge in [0.25, 0.3) is 0 Å². The van der Waals surface area contributed by atoms with Crippen LogP contribution in [0.15, 0.2) is 24.5 Å². The lowest BCUT2D eigenvalue weighted by molar-refractivity contribution is 0.416. The van der Waals surface area contributed by atoms with Crippen LogP contribution in [-0.2, 0) is 7.05 Å². The first-order valence-electron chi connectivity index (χ1n) is 4.51. The Kier molecular flexibility index (Phi) is 2.29. The standard InChI is InChI=1S/C10H12N4O/c1-14-9(8(15-2)6-13-14)7-4-3-5-12-10(7)11/h3-6H,1-2H3,(H2,11,12). The van der Waals surface area contributed by atoms with Crippen LogP contribution in [0.2, 0.25) is 0 Å². The fraction of sp³-hybridized carbons (Fsp3) is 0.200. The predicted molar refractivity (Wildman–Crippen MR) is 57.4 cm³/mol. The Morgan fingerprint density at radius 2 is 2.27 bits per heavy atom. The van der Waals surface area contributed by atoms with Crippen molar-refractivity contribution in [1.29, 1.82) is 0 Å². The molecule has 2 heterocycles. The molecule has 2 rings (SSSR count). The van der Waals surface area contributed by atoms with Crippen molar-refractivity contribution in [2.45, 2.75) is 0 Å². The molecule has 0 bridgehead atoms. The molecular formula is C10H12N4O. The lowest BCUT2D eigenvalue weighted by atomic mass is 10.2. The summed E-state index contributed by atoms with van der Waals surface area (Å²) in [7, 11) is 3.44. The minimum absolute atomic E-state index is 0.472. The first-order valence-corrected chi connectivity index (χ1v) is 4.51. The van der Waals surface area contributed by atoms with Crippen LogP contribution in [-0.4, -0.2) is 21.9 Å². The van der Waals surface area contributed by atoms with Gasteiger partial charge in [-0.1, -0.05) is 0 Å². The largest absolute Gasteiger partial charge is 0.493 e. The molecule has 0 atom stereocenters. The van der Waals surface area contributed by atoms with E-state index in [1.54, 1.807) is 24.2 Å². The number of hydrogen-bond acceptors (Lipinski definition) is 4. The summed E-state index contributed by atoms with van der Waals surface area (Å²) >= 11 is 0. The molecule has 2 aromatic rings. The van der Waals surface area contributed by atoms with Gasteiger partial charge in [-0.05, 0) is 12.1 Å². The SMILES string of the molecule is COc1cnn(C)c1-c1cccnc1N. The monoisotopic (exact) mass is 204 g/mol. The second kappa shape index (κ2) is 3.61. The van der Waals surface area contributed by atoms with Gasteiger partial charge in [-0.3, -0.25) is 4.68 Å². The van der Waals surface area contributed by atoms with E-state index in [4.69, 9.17) is 10.5 Å². The zero-order chi connectivity index (χ0) is 10.8. The van der Waals surface area contributed by atoms with E-state index in [9.17, 15) is 0 Å². The summed E-state index contributed by atoms with van der Waals surface area (Å²) in [5.74, 6) is 1.16. The van der Waals surface area contributed by atoms with Crippen molar-refractivity contribution < 1.29 is 4.74 Å². The van der Waals surface area contributed by atoms with Crippen LogP contribution in [0.1, 0.15) is 0 Å². The van der Waals surface area contributed by atoms with Crippen molar-refractivity contribution in [3.63, 3.8) is 0 Å². The first kappa shape index (κ1) is 9.51. The second-order valence-electron chi connectivity index (χ2n) is 3.12. The molecule has 0 aliphatic heterocycles. The number of aromatic nitrogens is 3. The minimum Gasteiger partial charge on any atom is -0.493 e. The van der Waals surface area contributed by atoms with Gasteiger partial charge in [0.2, 0.25) is 0 Å². The van der Waals surface area contributed by atoms with Gasteiger partial charge in [0, 0.05) is 18.8 Å². The minimum atomic E-state index is 0.472. The van der Waals surface area contributed by atoms with Gasteiger partial charge in [-0.25, -0.2) is 4.98 Å². The number of aryl methyl sites for hydroxylation is 1. The smallest absolute Gasteiger partial charge is 0.164 e. The van der Waals surface area contributed by atoms with E-state index in [0.29, 0.717) is 11.6 Å². The van der Waals surface area contributed by atoms with Crippen molar-refractivity contribution in [1.82, 2.24) is 14.8 Å². The predicted octanol–water partition coefficient (Wildman–Crippen LogP) is 1.07. The highest BCUT2D eigenvalue weighted by molar-refractivity contribution is 5.75. The summed E-state index contributed by atoms with van der Waals surface area (Å²) in [6, 6.07) is 3.72. The Balaban J connectivity index is 2.63. The van der Waals surface area contributed by atoms with Crippen LogP contribution in [0.3, 0.4) is 0 Å². The Bertz CT molecular complexity index is 478. The zero-order valence-corrected chi connectivity index (χ0v) is 8.64. The number of nitrogen functional groups attached to an aromatic ring is 1. The van der Waals surface area contributed by atoms with E-state index in [2.05, 4.69) is 10.1 Å². The molecule has 5 heteroatoms. The molecule has 0 fully saturated rings. The van der Waals surface area contributed by atoms with Gasteiger partial charge in [0.15, 0.2) is 5.75 Å². The quantitative estimate of drug-likeness (QED) is 0.794. The van der Waals surface area contributed by atoms with Crippen LogP contribution >= 0.6 is 0 Å². The maximum absolute atomic E-state index is 5.80. The first-order chi connectivity index (χ1) is 7.24. The third-order valence-corrected chi connectivity index (χ3v) is 2.22. The molecule has 0 radical (unpaired) electrons. The number of nitrogens with zero attached hydrogens (tertiary/aromatic N) is 3. The highest BCUT2D eigenvalue weighted by Gasteiger charge is 2.13. The summed E-state index contributed by atoms with van der Waals surface area (Å²) < 4.78 is 6.92. The van der Waals surface area contributed by atoms with E-state index >= 15 is 0 Å². The van der Waals surface area contributed by atoms with Gasteiger partial charge < -0.3 is 10.5 Å². The average Bonchev–Trinajstić information content (AvgIpc) is 2.60. The van der Waals surface area contributed by atoms with Crippen molar-refractivity contribution in [3.05, 3.63) is 24.5 Å². The molecule has 15 heavy (non-hydrogen) atoms. The summed E-state index contributed by atoms with van der Waals surface area (Å²) in [6.07, 6.45) is 3.31. The summed E-state index contributed by atoms with van der Waals surface area (Å²) in [4.78, 5) is 4.03. The van der Waals surface area contributed by atoms with Crippen LogP contribution in [0.5, 0.6) is 5.75 Å². The maximum Gasteiger partial charge on any atom is 0.164 e. The molecule has 0 amide bonds. The molecule has 2 aromatic heterocycles. The number of rotatable bonds is 2. The van der Waals surface area contributed by atoms with Crippen LogP contribution in [0.25, 0.3) is 11.3 Å². The third-order valence-electron chi connectivity index (χ3n) is 2.22. The number of nitrogens with two attached hydrogens (primary N) is 1. The Labute approximate surface area is 87.5 Å². The molecule has 0 aliphatic rings. The summed E-state index contributed by atoms with van der Waals surface area (Å²) in [6.45, 7) is 0. The molecule has 0 saturated carbocycles. The Morgan fingerprint density at radius 3 is 2.93 bits per heavy atom. The topological polar surface area (TPSA) is 66.0 Å². The lowest BCUT2D eigenvalue weighted by Gasteiger charge is -2.06. The molecule has 78 valence electrons. The number of pyridine rings is 1. The lowest BCUT2D eigenvalue weighted by Crippen LogP contribution is -1.99. The number of anilines is 1. The van der Waals surface area contributed by atoms with E-state index in [1.165, 1.54) is 0 Å². The molecule has 0 aromatic carbocycles. The molecule has 0 saturated heterocycles. The van der Waals surface area contributed by atoms with E-state index in [0.717, 1.165) is 11.3 Å². The average molecular weight is 204 g/mol. The molecule has 2 N–H and O–H groups in total. The molecule has 0 unspecified atom stereocenters. The van der Waals surface area contributed by atoms with Crippen LogP contribution < -0.4 is 10.5 Å². The highest BCUT2D eigenvalue weighted by atomic mass is 16.5. The van der Waals surface area contributed by atoms with Gasteiger partial charge >= 0.3 is 0 Å². The Hall–Kier alpha value is -2.04. The van der Waals surface area contributed by atoms with Crippen LogP contribution in [0, 0.1) is 0 Å². The fourth-order valence-electron chi connectivity index (χ4n) is 1.49. The molecule has 0 spiro atoms. The maximum atomic E-state index is 5.80. The molecular weight excluding hydrogens is 192 g/mol. The van der Waals surface area contributed by atoms with Gasteiger partial charge in [0.1, 0.15) is 11.5 Å². The van der Waals surface area contributed by atoms with Gasteiger partial charge in [-0.15, -0.1) is 0 Å². The van der Waals surface area contributed by atoms with Crippen molar-refractivity contribution in [2.75, 3.05) is 12.8 Å².